The third kappa shape index (κ3) is 3.62. The van der Waals surface area contributed by atoms with Gasteiger partial charge < -0.3 is 20.9 Å². The molecule has 2 fully saturated rings. The Morgan fingerprint density at radius 2 is 1.61 bits per heavy atom. The van der Waals surface area contributed by atoms with Crippen molar-refractivity contribution in [3.8, 4) is 0 Å². The summed E-state index contributed by atoms with van der Waals surface area (Å²) in [7, 11) is 0. The van der Waals surface area contributed by atoms with Crippen molar-refractivity contribution in [2.45, 2.75) is 57.7 Å². The van der Waals surface area contributed by atoms with E-state index in [1.165, 1.54) is 18.7 Å². The van der Waals surface area contributed by atoms with Gasteiger partial charge in [0.25, 0.3) is 0 Å². The fraction of sp³-hybridized carbons (Fsp3) is 0.733. The Morgan fingerprint density at radius 1 is 1.04 bits per heavy atom. The van der Waals surface area contributed by atoms with E-state index >= 15 is 0 Å². The Balaban J connectivity index is 2.06. The van der Waals surface area contributed by atoms with Crippen LogP contribution in [0, 0.1) is 0 Å². The average molecular weight is 324 g/mol. The maximum Gasteiger partial charge on any atom is 0.246 e. The third-order valence-electron chi connectivity index (χ3n) is 4.57. The first-order valence-electron chi connectivity index (χ1n) is 8.00. The molecule has 4 amide bonds. The molecule has 8 nitrogen and oxygen atoms in total. The molecule has 2 heterocycles. The van der Waals surface area contributed by atoms with Crippen molar-refractivity contribution in [3.63, 3.8) is 0 Å². The summed E-state index contributed by atoms with van der Waals surface area (Å²) in [4.78, 5) is 50.9. The van der Waals surface area contributed by atoms with Crippen LogP contribution in [0.3, 0.4) is 0 Å². The molecule has 128 valence electrons. The number of likely N-dealkylation sites (tertiary alicyclic amines) is 2. The molecular weight excluding hydrogens is 300 g/mol. The van der Waals surface area contributed by atoms with E-state index in [-0.39, 0.29) is 17.7 Å². The zero-order chi connectivity index (χ0) is 17.1. The molecule has 3 unspecified atom stereocenters. The Labute approximate surface area is 135 Å². The molecule has 8 heteroatoms. The highest BCUT2D eigenvalue weighted by Gasteiger charge is 2.41. The lowest BCUT2D eigenvalue weighted by molar-refractivity contribution is -0.146. The summed E-state index contributed by atoms with van der Waals surface area (Å²) in [6.45, 7) is 4.03. The van der Waals surface area contributed by atoms with Crippen molar-refractivity contribution < 1.29 is 19.2 Å². The van der Waals surface area contributed by atoms with Crippen LogP contribution in [0.1, 0.15) is 39.5 Å². The van der Waals surface area contributed by atoms with E-state index in [4.69, 9.17) is 5.73 Å². The Kier molecular flexibility index (Phi) is 5.23. The SMILES string of the molecule is CC(=O)N1CCCC1C(=O)N1CCCC1C(=O)NC(C)C(N)=O. The van der Waals surface area contributed by atoms with E-state index in [9.17, 15) is 19.2 Å². The minimum absolute atomic E-state index is 0.122. The maximum atomic E-state index is 12.8. The van der Waals surface area contributed by atoms with E-state index in [1.54, 1.807) is 4.90 Å². The summed E-state index contributed by atoms with van der Waals surface area (Å²) in [6, 6.07) is -1.85. The zero-order valence-corrected chi connectivity index (χ0v) is 13.6. The topological polar surface area (TPSA) is 113 Å². The summed E-state index contributed by atoms with van der Waals surface area (Å²) in [5.41, 5.74) is 5.15. The lowest BCUT2D eigenvalue weighted by atomic mass is 10.1. The minimum Gasteiger partial charge on any atom is -0.368 e. The summed E-state index contributed by atoms with van der Waals surface area (Å²) in [6.07, 6.45) is 2.69. The molecular formula is C15H24N4O4. The fourth-order valence-corrected chi connectivity index (χ4v) is 3.28. The second-order valence-electron chi connectivity index (χ2n) is 6.19. The number of carbonyl (C=O) groups excluding carboxylic acids is 4. The minimum atomic E-state index is -0.778. The number of hydrogen-bond donors (Lipinski definition) is 2. The van der Waals surface area contributed by atoms with Crippen molar-refractivity contribution in [2.75, 3.05) is 13.1 Å². The van der Waals surface area contributed by atoms with Crippen molar-refractivity contribution >= 4 is 23.6 Å². The van der Waals surface area contributed by atoms with Crippen molar-refractivity contribution in [1.29, 1.82) is 0 Å². The van der Waals surface area contributed by atoms with E-state index in [0.717, 1.165) is 12.8 Å². The highest BCUT2D eigenvalue weighted by Crippen LogP contribution is 2.25. The second kappa shape index (κ2) is 6.97. The van der Waals surface area contributed by atoms with Crippen LogP contribution in [0.15, 0.2) is 0 Å². The van der Waals surface area contributed by atoms with Crippen LogP contribution in [-0.2, 0) is 19.2 Å². The predicted molar refractivity (Wildman–Crippen MR) is 81.9 cm³/mol. The van der Waals surface area contributed by atoms with Gasteiger partial charge in [0.05, 0.1) is 0 Å². The molecule has 3 N–H and O–H groups in total. The van der Waals surface area contributed by atoms with Gasteiger partial charge in [-0.15, -0.1) is 0 Å². The van der Waals surface area contributed by atoms with Crippen LogP contribution < -0.4 is 11.1 Å². The van der Waals surface area contributed by atoms with E-state index in [2.05, 4.69) is 5.32 Å². The first kappa shape index (κ1) is 17.2. The quantitative estimate of drug-likeness (QED) is 0.689. The summed E-state index contributed by atoms with van der Waals surface area (Å²) < 4.78 is 0. The molecule has 0 radical (unpaired) electrons. The van der Waals surface area contributed by atoms with Crippen LogP contribution >= 0.6 is 0 Å². The molecule has 0 aromatic heterocycles. The highest BCUT2D eigenvalue weighted by atomic mass is 16.2. The first-order chi connectivity index (χ1) is 10.8. The van der Waals surface area contributed by atoms with Crippen LogP contribution in [0.4, 0.5) is 0 Å². The number of rotatable bonds is 4. The molecule has 0 spiro atoms. The lowest BCUT2D eigenvalue weighted by Gasteiger charge is -2.30. The van der Waals surface area contributed by atoms with Gasteiger partial charge in [-0.1, -0.05) is 0 Å². The van der Waals surface area contributed by atoms with Gasteiger partial charge in [0.1, 0.15) is 18.1 Å². The van der Waals surface area contributed by atoms with Gasteiger partial charge in [0, 0.05) is 20.0 Å². The Bertz CT molecular complexity index is 522. The van der Waals surface area contributed by atoms with Gasteiger partial charge in [-0.2, -0.15) is 0 Å². The van der Waals surface area contributed by atoms with E-state index in [0.29, 0.717) is 25.9 Å². The van der Waals surface area contributed by atoms with Gasteiger partial charge in [-0.3, -0.25) is 19.2 Å². The fourth-order valence-electron chi connectivity index (χ4n) is 3.28. The normalized spacial score (nSPS) is 25.3. The zero-order valence-electron chi connectivity index (χ0n) is 13.6. The largest absolute Gasteiger partial charge is 0.368 e. The summed E-state index contributed by atoms with van der Waals surface area (Å²) in [5.74, 6) is -1.28. The standard InChI is InChI=1S/C15H24N4O4/c1-9(13(16)21)17-14(22)11-5-3-8-19(11)15(23)12-6-4-7-18(12)10(2)20/h9,11-12H,3-8H2,1-2H3,(H2,16,21)(H,17,22). The van der Waals surface area contributed by atoms with Crippen LogP contribution in [-0.4, -0.2) is 64.6 Å². The monoisotopic (exact) mass is 324 g/mol. The van der Waals surface area contributed by atoms with Gasteiger partial charge in [0.15, 0.2) is 0 Å². The number of nitrogens with two attached hydrogens (primary N) is 1. The molecule has 23 heavy (non-hydrogen) atoms. The van der Waals surface area contributed by atoms with E-state index in [1.807, 2.05) is 0 Å². The highest BCUT2D eigenvalue weighted by molar-refractivity contribution is 5.94. The molecule has 2 saturated heterocycles. The lowest BCUT2D eigenvalue weighted by Crippen LogP contribution is -2.54. The molecule has 2 aliphatic rings. The molecule has 2 aliphatic heterocycles. The number of hydrogen-bond acceptors (Lipinski definition) is 4. The smallest absolute Gasteiger partial charge is 0.246 e. The van der Waals surface area contributed by atoms with Gasteiger partial charge in [-0.05, 0) is 32.6 Å². The molecule has 0 saturated carbocycles. The van der Waals surface area contributed by atoms with Gasteiger partial charge >= 0.3 is 0 Å². The molecule has 0 aromatic carbocycles. The molecule has 0 aliphatic carbocycles. The molecule has 0 aromatic rings. The summed E-state index contributed by atoms with van der Waals surface area (Å²) >= 11 is 0. The predicted octanol–water partition coefficient (Wildman–Crippen LogP) is -1.02. The van der Waals surface area contributed by atoms with Crippen molar-refractivity contribution in [2.24, 2.45) is 5.73 Å². The number of carbonyl (C=O) groups is 4. The van der Waals surface area contributed by atoms with Crippen LogP contribution in [0.5, 0.6) is 0 Å². The molecule has 3 atom stereocenters. The van der Waals surface area contributed by atoms with Gasteiger partial charge in [0.2, 0.25) is 23.6 Å². The molecule has 2 rings (SSSR count). The van der Waals surface area contributed by atoms with Crippen molar-refractivity contribution in [1.82, 2.24) is 15.1 Å². The van der Waals surface area contributed by atoms with Crippen LogP contribution in [0.25, 0.3) is 0 Å². The third-order valence-corrected chi connectivity index (χ3v) is 4.57. The molecule has 0 bridgehead atoms. The summed E-state index contributed by atoms with van der Waals surface area (Å²) in [5, 5.41) is 2.54. The Hall–Kier alpha value is -2.12. The number of primary amides is 1. The van der Waals surface area contributed by atoms with Crippen molar-refractivity contribution in [3.05, 3.63) is 0 Å². The number of nitrogens with zero attached hydrogens (tertiary/aromatic N) is 2. The second-order valence-corrected chi connectivity index (χ2v) is 6.19. The number of amides is 4. The van der Waals surface area contributed by atoms with Gasteiger partial charge in [-0.25, -0.2) is 0 Å². The maximum absolute atomic E-state index is 12.8. The Morgan fingerprint density at radius 3 is 2.17 bits per heavy atom. The average Bonchev–Trinajstić information content (AvgIpc) is 3.15. The first-order valence-corrected chi connectivity index (χ1v) is 8.00. The number of nitrogens with one attached hydrogen (secondary N) is 1. The van der Waals surface area contributed by atoms with E-state index < -0.39 is 24.0 Å². The van der Waals surface area contributed by atoms with Crippen LogP contribution in [0.2, 0.25) is 0 Å².